The van der Waals surface area contributed by atoms with Gasteiger partial charge in [-0.3, -0.25) is 9.55 Å². The molecule has 0 bridgehead atoms. The van der Waals surface area contributed by atoms with Crippen molar-refractivity contribution in [2.45, 2.75) is 30.1 Å². The van der Waals surface area contributed by atoms with Gasteiger partial charge in [-0.2, -0.15) is 13.2 Å². The minimum atomic E-state index is -4.29. The van der Waals surface area contributed by atoms with E-state index in [1.165, 1.54) is 0 Å². The number of nitrogens with zero attached hydrogens (tertiary/aromatic N) is 4. The Labute approximate surface area is 124 Å². The van der Waals surface area contributed by atoms with Gasteiger partial charge in [0, 0.05) is 24.5 Å². The Morgan fingerprint density at radius 3 is 2.57 bits per heavy atom. The van der Waals surface area contributed by atoms with Crippen LogP contribution in [0.5, 0.6) is 0 Å². The van der Waals surface area contributed by atoms with Gasteiger partial charge >= 0.3 is 6.18 Å². The first-order valence-corrected chi connectivity index (χ1v) is 6.99. The highest BCUT2D eigenvalue weighted by molar-refractivity contribution is 7.99. The van der Waals surface area contributed by atoms with Gasteiger partial charge in [-0.05, 0) is 19.1 Å². The standard InChI is InChI=1S/C13H13F3N4S/c1-3-8-20-11(10-4-6-17-7-5-10)18-19-12(20)21-9(2)13(14,15)16/h3-7,9H,1,8H2,2H3/t9-/m1/s1. The Balaban J connectivity index is 2.35. The average molecular weight is 314 g/mol. The lowest BCUT2D eigenvalue weighted by atomic mass is 10.2. The summed E-state index contributed by atoms with van der Waals surface area (Å²) in [6.45, 7) is 5.05. The summed E-state index contributed by atoms with van der Waals surface area (Å²) in [5, 5.41) is 6.52. The summed E-state index contributed by atoms with van der Waals surface area (Å²) >= 11 is 0.634. The number of thioether (sulfide) groups is 1. The number of rotatable bonds is 5. The Morgan fingerprint density at radius 1 is 1.33 bits per heavy atom. The molecule has 112 valence electrons. The zero-order valence-electron chi connectivity index (χ0n) is 11.2. The summed E-state index contributed by atoms with van der Waals surface area (Å²) in [5.74, 6) is 0.495. The topological polar surface area (TPSA) is 43.6 Å². The van der Waals surface area contributed by atoms with E-state index in [1.54, 1.807) is 35.2 Å². The molecule has 2 rings (SSSR count). The fraction of sp³-hybridized carbons (Fsp3) is 0.308. The lowest BCUT2D eigenvalue weighted by Gasteiger charge is -2.15. The van der Waals surface area contributed by atoms with Crippen molar-refractivity contribution in [3.8, 4) is 11.4 Å². The monoisotopic (exact) mass is 314 g/mol. The fourth-order valence-corrected chi connectivity index (χ4v) is 2.44. The van der Waals surface area contributed by atoms with Gasteiger partial charge in [0.05, 0.1) is 0 Å². The van der Waals surface area contributed by atoms with Crippen molar-refractivity contribution in [3.63, 3.8) is 0 Å². The highest BCUT2D eigenvalue weighted by Crippen LogP contribution is 2.35. The van der Waals surface area contributed by atoms with Crippen molar-refractivity contribution < 1.29 is 13.2 Å². The van der Waals surface area contributed by atoms with Crippen molar-refractivity contribution in [3.05, 3.63) is 37.2 Å². The maximum Gasteiger partial charge on any atom is 0.400 e. The minimum absolute atomic E-state index is 0.214. The first kappa shape index (κ1) is 15.6. The molecule has 2 aromatic heterocycles. The Morgan fingerprint density at radius 2 is 2.00 bits per heavy atom. The van der Waals surface area contributed by atoms with E-state index in [0.717, 1.165) is 12.5 Å². The molecule has 0 N–H and O–H groups in total. The van der Waals surface area contributed by atoms with Crippen LogP contribution in [0.4, 0.5) is 13.2 Å². The van der Waals surface area contributed by atoms with Crippen LogP contribution in [0.15, 0.2) is 42.3 Å². The van der Waals surface area contributed by atoms with E-state index in [1.807, 2.05) is 0 Å². The molecule has 0 radical (unpaired) electrons. The highest BCUT2D eigenvalue weighted by Gasteiger charge is 2.38. The summed E-state index contributed by atoms with van der Waals surface area (Å²) in [6, 6.07) is 3.45. The van der Waals surface area contributed by atoms with Crippen molar-refractivity contribution in [1.82, 2.24) is 19.7 Å². The van der Waals surface area contributed by atoms with Crippen LogP contribution in [0, 0.1) is 0 Å². The molecule has 0 aliphatic heterocycles. The molecule has 8 heteroatoms. The van der Waals surface area contributed by atoms with Gasteiger partial charge in [-0.15, -0.1) is 16.8 Å². The number of alkyl halides is 3. The smallest absolute Gasteiger partial charge is 0.298 e. The molecule has 0 amide bonds. The number of halogens is 3. The molecule has 0 spiro atoms. The van der Waals surface area contributed by atoms with E-state index >= 15 is 0 Å². The molecule has 0 aliphatic carbocycles. The first-order valence-electron chi connectivity index (χ1n) is 6.11. The third-order valence-electron chi connectivity index (χ3n) is 2.71. The average Bonchev–Trinajstić information content (AvgIpc) is 2.82. The van der Waals surface area contributed by atoms with Gasteiger partial charge < -0.3 is 0 Å². The van der Waals surface area contributed by atoms with Crippen molar-refractivity contribution in [2.75, 3.05) is 0 Å². The van der Waals surface area contributed by atoms with Crippen LogP contribution in [-0.2, 0) is 6.54 Å². The summed E-state index contributed by atoms with van der Waals surface area (Å²) in [6.07, 6.45) is 0.490. The van der Waals surface area contributed by atoms with E-state index in [-0.39, 0.29) is 5.16 Å². The van der Waals surface area contributed by atoms with Crippen LogP contribution in [0.1, 0.15) is 6.92 Å². The molecule has 0 unspecified atom stereocenters. The van der Waals surface area contributed by atoms with Gasteiger partial charge in [0.1, 0.15) is 5.25 Å². The summed E-state index contributed by atoms with van der Waals surface area (Å²) in [5.41, 5.74) is 0.742. The van der Waals surface area contributed by atoms with Gasteiger partial charge in [-0.25, -0.2) is 0 Å². The SMILES string of the molecule is C=CCn1c(S[C@H](C)C(F)(F)F)nnc1-c1ccncc1. The van der Waals surface area contributed by atoms with E-state index in [9.17, 15) is 13.2 Å². The molecule has 0 aromatic carbocycles. The van der Waals surface area contributed by atoms with E-state index < -0.39 is 11.4 Å². The highest BCUT2D eigenvalue weighted by atomic mass is 32.2. The Kier molecular flexibility index (Phi) is 4.66. The van der Waals surface area contributed by atoms with Crippen LogP contribution in [-0.4, -0.2) is 31.2 Å². The number of aromatic nitrogens is 4. The number of pyridine rings is 1. The molecular formula is C13H13F3N4S. The number of hydrogen-bond donors (Lipinski definition) is 0. The van der Waals surface area contributed by atoms with Crippen LogP contribution in [0.3, 0.4) is 0 Å². The predicted octanol–water partition coefficient (Wildman–Crippen LogP) is 3.57. The molecule has 1 atom stereocenters. The van der Waals surface area contributed by atoms with E-state index in [0.29, 0.717) is 24.1 Å². The number of allylic oxidation sites excluding steroid dienone is 1. The summed E-state index contributed by atoms with van der Waals surface area (Å²) in [4.78, 5) is 3.90. The van der Waals surface area contributed by atoms with Gasteiger partial charge in [-0.1, -0.05) is 17.8 Å². The molecule has 0 fully saturated rings. The Bertz CT molecular complexity index is 610. The molecule has 2 aromatic rings. The van der Waals surface area contributed by atoms with Crippen LogP contribution >= 0.6 is 11.8 Å². The lowest BCUT2D eigenvalue weighted by Crippen LogP contribution is -2.22. The third-order valence-corrected chi connectivity index (χ3v) is 3.84. The summed E-state index contributed by atoms with van der Waals surface area (Å²) in [7, 11) is 0. The van der Waals surface area contributed by atoms with E-state index in [2.05, 4.69) is 21.8 Å². The Hall–Kier alpha value is -1.83. The van der Waals surface area contributed by atoms with Crippen LogP contribution in [0.25, 0.3) is 11.4 Å². The molecule has 0 aliphatic rings. The zero-order valence-corrected chi connectivity index (χ0v) is 12.0. The van der Waals surface area contributed by atoms with Crippen LogP contribution in [0.2, 0.25) is 0 Å². The molecule has 0 saturated carbocycles. The maximum atomic E-state index is 12.7. The predicted molar refractivity (Wildman–Crippen MR) is 74.8 cm³/mol. The number of hydrogen-bond acceptors (Lipinski definition) is 4. The second kappa shape index (κ2) is 6.30. The maximum absolute atomic E-state index is 12.7. The minimum Gasteiger partial charge on any atom is -0.298 e. The van der Waals surface area contributed by atoms with Gasteiger partial charge in [0.2, 0.25) is 0 Å². The largest absolute Gasteiger partial charge is 0.400 e. The molecule has 0 saturated heterocycles. The second-order valence-corrected chi connectivity index (χ2v) is 5.55. The van der Waals surface area contributed by atoms with Gasteiger partial charge in [0.15, 0.2) is 11.0 Å². The molecule has 21 heavy (non-hydrogen) atoms. The normalized spacial score (nSPS) is 13.1. The lowest BCUT2D eigenvalue weighted by molar-refractivity contribution is -0.125. The van der Waals surface area contributed by atoms with Crippen molar-refractivity contribution in [2.24, 2.45) is 0 Å². The van der Waals surface area contributed by atoms with Crippen molar-refractivity contribution in [1.29, 1.82) is 0 Å². The first-order chi connectivity index (χ1) is 9.93. The van der Waals surface area contributed by atoms with E-state index in [4.69, 9.17) is 0 Å². The molecule has 4 nitrogen and oxygen atoms in total. The van der Waals surface area contributed by atoms with Crippen LogP contribution < -0.4 is 0 Å². The summed E-state index contributed by atoms with van der Waals surface area (Å²) < 4.78 is 39.6. The third kappa shape index (κ3) is 3.63. The molecular weight excluding hydrogens is 301 g/mol. The quantitative estimate of drug-likeness (QED) is 0.625. The second-order valence-electron chi connectivity index (χ2n) is 4.24. The fourth-order valence-electron chi connectivity index (χ4n) is 1.61. The van der Waals surface area contributed by atoms with Crippen molar-refractivity contribution >= 4 is 11.8 Å². The van der Waals surface area contributed by atoms with Gasteiger partial charge in [0.25, 0.3) is 0 Å². The molecule has 2 heterocycles. The zero-order chi connectivity index (χ0) is 15.5.